The molecule has 0 bridgehead atoms. The summed E-state index contributed by atoms with van der Waals surface area (Å²) in [4.78, 5) is 10.0. The zero-order valence-corrected chi connectivity index (χ0v) is 18.0. The first kappa shape index (κ1) is 20.6. The number of nitrogen functional groups attached to an aromatic ring is 1. The van der Waals surface area contributed by atoms with Gasteiger partial charge in [-0.25, -0.2) is 4.39 Å². The number of nitrogens with zero attached hydrogens (tertiary/aromatic N) is 3. The molecule has 4 rings (SSSR count). The van der Waals surface area contributed by atoms with Crippen LogP contribution in [-0.4, -0.2) is 54.6 Å². The Morgan fingerprint density at radius 3 is 2.77 bits per heavy atom. The summed E-state index contributed by atoms with van der Waals surface area (Å²) in [6.45, 7) is 2.93. The molecule has 5 nitrogen and oxygen atoms in total. The summed E-state index contributed by atoms with van der Waals surface area (Å²) in [6, 6.07) is 8.76. The van der Waals surface area contributed by atoms with Crippen molar-refractivity contribution in [2.45, 2.75) is 18.9 Å². The van der Waals surface area contributed by atoms with E-state index < -0.39 is 5.82 Å². The second kappa shape index (κ2) is 9.00. The van der Waals surface area contributed by atoms with Crippen molar-refractivity contribution in [1.29, 1.82) is 0 Å². The van der Waals surface area contributed by atoms with Gasteiger partial charge in [-0.05, 0) is 45.1 Å². The molecule has 0 amide bonds. The fraction of sp³-hybridized carbons (Fsp3) is 0.348. The van der Waals surface area contributed by atoms with Crippen molar-refractivity contribution in [1.82, 2.24) is 14.8 Å². The Kier molecular flexibility index (Phi) is 6.18. The zero-order chi connectivity index (χ0) is 21.1. The average molecular weight is 425 g/mol. The molecule has 30 heavy (non-hydrogen) atoms. The maximum atomic E-state index is 14.1. The summed E-state index contributed by atoms with van der Waals surface area (Å²) in [5.41, 5.74) is 6.77. The first-order valence-corrected chi connectivity index (χ1v) is 10.8. The van der Waals surface area contributed by atoms with Crippen LogP contribution < -0.4 is 10.5 Å². The maximum absolute atomic E-state index is 14.1. The molecule has 0 atom stereocenters. The molecule has 0 unspecified atom stereocenters. The van der Waals surface area contributed by atoms with Gasteiger partial charge in [0.1, 0.15) is 5.75 Å². The fourth-order valence-corrected chi connectivity index (χ4v) is 4.55. The SMILES string of the molecule is CN(C)C1CCN(CC#Cc2cc3nccc(Oc4ccc(N)cc4F)c3s2)CC1. The van der Waals surface area contributed by atoms with Gasteiger partial charge < -0.3 is 15.4 Å². The van der Waals surface area contributed by atoms with Crippen molar-refractivity contribution in [3.05, 3.63) is 47.2 Å². The van der Waals surface area contributed by atoms with Crippen LogP contribution in [0.4, 0.5) is 10.1 Å². The van der Waals surface area contributed by atoms with Crippen molar-refractivity contribution < 1.29 is 9.13 Å². The number of likely N-dealkylation sites (tertiary alicyclic amines) is 1. The molecule has 0 saturated carbocycles. The number of pyridine rings is 1. The first-order valence-electron chi connectivity index (χ1n) is 9.98. The summed E-state index contributed by atoms with van der Waals surface area (Å²) in [7, 11) is 4.30. The molecule has 1 aliphatic heterocycles. The third kappa shape index (κ3) is 4.73. The molecule has 156 valence electrons. The Labute approximate surface area is 180 Å². The third-order valence-corrected chi connectivity index (χ3v) is 6.41. The molecule has 0 radical (unpaired) electrons. The van der Waals surface area contributed by atoms with Crippen LogP contribution in [0.1, 0.15) is 17.7 Å². The van der Waals surface area contributed by atoms with Gasteiger partial charge in [0.05, 0.1) is 21.6 Å². The van der Waals surface area contributed by atoms with E-state index in [0.717, 1.165) is 34.7 Å². The number of hydrogen-bond donors (Lipinski definition) is 1. The number of rotatable bonds is 4. The Balaban J connectivity index is 1.46. The maximum Gasteiger partial charge on any atom is 0.167 e. The average Bonchev–Trinajstić information content (AvgIpc) is 3.14. The van der Waals surface area contributed by atoms with Gasteiger partial charge in [0.2, 0.25) is 0 Å². The number of fused-ring (bicyclic) bond motifs is 1. The number of anilines is 1. The lowest BCUT2D eigenvalue weighted by atomic mass is 10.0. The van der Waals surface area contributed by atoms with Crippen LogP contribution in [0.3, 0.4) is 0 Å². The summed E-state index contributed by atoms with van der Waals surface area (Å²) in [6.07, 6.45) is 4.03. The Bertz CT molecular complexity index is 1090. The van der Waals surface area contributed by atoms with E-state index in [1.165, 1.54) is 36.3 Å². The van der Waals surface area contributed by atoms with Gasteiger partial charge in [0.25, 0.3) is 0 Å². The van der Waals surface area contributed by atoms with Crippen molar-refractivity contribution in [2.75, 3.05) is 39.5 Å². The van der Waals surface area contributed by atoms with Crippen molar-refractivity contribution in [3.63, 3.8) is 0 Å². The van der Waals surface area contributed by atoms with Crippen molar-refractivity contribution in [3.8, 4) is 23.3 Å². The Morgan fingerprint density at radius 2 is 2.03 bits per heavy atom. The van der Waals surface area contributed by atoms with E-state index in [9.17, 15) is 4.39 Å². The Morgan fingerprint density at radius 1 is 1.23 bits per heavy atom. The second-order valence-electron chi connectivity index (χ2n) is 7.70. The molecule has 2 aromatic heterocycles. The highest BCUT2D eigenvalue weighted by Gasteiger charge is 2.19. The van der Waals surface area contributed by atoms with Crippen molar-refractivity contribution in [2.24, 2.45) is 0 Å². The van der Waals surface area contributed by atoms with E-state index in [4.69, 9.17) is 10.5 Å². The Hall–Kier alpha value is -2.66. The zero-order valence-electron chi connectivity index (χ0n) is 17.2. The van der Waals surface area contributed by atoms with Crippen LogP contribution in [-0.2, 0) is 0 Å². The lowest BCUT2D eigenvalue weighted by Gasteiger charge is -2.34. The second-order valence-corrected chi connectivity index (χ2v) is 8.75. The highest BCUT2D eigenvalue weighted by atomic mass is 32.1. The normalized spacial score (nSPS) is 15.3. The lowest BCUT2D eigenvalue weighted by molar-refractivity contribution is 0.156. The predicted octanol–water partition coefficient (Wildman–Crippen LogP) is 4.19. The summed E-state index contributed by atoms with van der Waals surface area (Å²) >= 11 is 1.51. The molecule has 1 saturated heterocycles. The summed E-state index contributed by atoms with van der Waals surface area (Å²) in [5.74, 6) is 6.76. The minimum absolute atomic E-state index is 0.138. The minimum atomic E-state index is -0.491. The number of ether oxygens (including phenoxy) is 1. The molecule has 2 N–H and O–H groups in total. The molecule has 1 aliphatic rings. The number of halogens is 1. The summed E-state index contributed by atoms with van der Waals surface area (Å²) < 4.78 is 20.8. The van der Waals surface area contributed by atoms with Gasteiger partial charge >= 0.3 is 0 Å². The van der Waals surface area contributed by atoms with E-state index in [2.05, 4.69) is 40.7 Å². The van der Waals surface area contributed by atoms with Gasteiger partial charge in [-0.1, -0.05) is 11.8 Å². The van der Waals surface area contributed by atoms with Crippen LogP contribution in [0, 0.1) is 17.7 Å². The largest absolute Gasteiger partial charge is 0.453 e. The van der Waals surface area contributed by atoms with E-state index in [-0.39, 0.29) is 5.75 Å². The number of thiophene rings is 1. The quantitative estimate of drug-likeness (QED) is 0.503. The molecule has 3 aromatic rings. The van der Waals surface area contributed by atoms with Gasteiger partial charge in [0, 0.05) is 43.1 Å². The van der Waals surface area contributed by atoms with Crippen molar-refractivity contribution >= 4 is 27.2 Å². The van der Waals surface area contributed by atoms with Crippen LogP contribution in [0.5, 0.6) is 11.5 Å². The number of benzene rings is 1. The predicted molar refractivity (Wildman–Crippen MR) is 121 cm³/mol. The number of hydrogen-bond acceptors (Lipinski definition) is 6. The van der Waals surface area contributed by atoms with Crippen LogP contribution in [0.2, 0.25) is 0 Å². The van der Waals surface area contributed by atoms with E-state index in [1.807, 2.05) is 6.07 Å². The number of nitrogens with two attached hydrogens (primary N) is 1. The summed E-state index contributed by atoms with van der Waals surface area (Å²) in [5, 5.41) is 0. The molecule has 7 heteroatoms. The molecule has 0 aliphatic carbocycles. The van der Waals surface area contributed by atoms with E-state index in [1.54, 1.807) is 18.3 Å². The molecule has 3 heterocycles. The third-order valence-electron chi connectivity index (χ3n) is 5.35. The molecule has 1 aromatic carbocycles. The first-order chi connectivity index (χ1) is 14.5. The minimum Gasteiger partial charge on any atom is -0.453 e. The van der Waals surface area contributed by atoms with Gasteiger partial charge in [-0.2, -0.15) is 0 Å². The monoisotopic (exact) mass is 424 g/mol. The van der Waals surface area contributed by atoms with E-state index >= 15 is 0 Å². The highest BCUT2D eigenvalue weighted by molar-refractivity contribution is 7.19. The van der Waals surface area contributed by atoms with Gasteiger partial charge in [0.15, 0.2) is 11.6 Å². The topological polar surface area (TPSA) is 54.6 Å². The lowest BCUT2D eigenvalue weighted by Crippen LogP contribution is -2.41. The van der Waals surface area contributed by atoms with E-state index in [0.29, 0.717) is 17.5 Å². The smallest absolute Gasteiger partial charge is 0.167 e. The standard InChI is InChI=1S/C23H25FN4OS/c1-27(2)17-8-12-28(13-9-17)11-3-4-18-15-20-23(30-18)22(7-10-26-20)29-21-6-5-16(25)14-19(21)24/h5-7,10,14-15,17H,8-9,11-13,25H2,1-2H3. The van der Waals surface area contributed by atoms with Gasteiger partial charge in [-0.15, -0.1) is 11.3 Å². The number of piperidine rings is 1. The number of aromatic nitrogens is 1. The highest BCUT2D eigenvalue weighted by Crippen LogP contribution is 2.35. The molecular weight excluding hydrogens is 399 g/mol. The van der Waals surface area contributed by atoms with Crippen LogP contribution in [0.15, 0.2) is 36.5 Å². The molecule has 1 fully saturated rings. The fourth-order valence-electron chi connectivity index (χ4n) is 3.61. The molecular formula is C23H25FN4OS. The van der Waals surface area contributed by atoms with Crippen LogP contribution >= 0.6 is 11.3 Å². The van der Waals surface area contributed by atoms with Gasteiger partial charge in [-0.3, -0.25) is 9.88 Å². The van der Waals surface area contributed by atoms with Crippen LogP contribution in [0.25, 0.3) is 10.2 Å². The molecule has 0 spiro atoms.